The van der Waals surface area contributed by atoms with Crippen LogP contribution in [0.5, 0.6) is 5.75 Å². The van der Waals surface area contributed by atoms with Crippen molar-refractivity contribution < 1.29 is 22.4 Å². The van der Waals surface area contributed by atoms with Gasteiger partial charge in [-0.25, -0.2) is 13.4 Å². The van der Waals surface area contributed by atoms with Crippen molar-refractivity contribution in [1.29, 1.82) is 0 Å². The minimum absolute atomic E-state index is 0.274. The zero-order valence-electron chi connectivity index (χ0n) is 18.1. The Morgan fingerprint density at radius 2 is 2.09 bits per heavy atom. The second kappa shape index (κ2) is 8.63. The molecule has 2 heterocycles. The summed E-state index contributed by atoms with van der Waals surface area (Å²) in [4.78, 5) is 17.4. The number of anilines is 1. The van der Waals surface area contributed by atoms with E-state index in [9.17, 15) is 13.2 Å². The van der Waals surface area contributed by atoms with Gasteiger partial charge >= 0.3 is 0 Å². The molecular weight excluding hydrogens is 428 g/mol. The fraction of sp³-hybridized carbons (Fsp3) is 0.250. The van der Waals surface area contributed by atoms with Gasteiger partial charge in [-0.3, -0.25) is 4.79 Å². The van der Waals surface area contributed by atoms with E-state index in [1.54, 1.807) is 42.6 Å². The Hall–Kier alpha value is -3.39. The summed E-state index contributed by atoms with van der Waals surface area (Å²) in [5.74, 6) is 1.31. The van der Waals surface area contributed by atoms with Crippen molar-refractivity contribution >= 4 is 32.5 Å². The maximum atomic E-state index is 12.9. The normalized spacial score (nSPS) is 16.1. The number of furan rings is 1. The first kappa shape index (κ1) is 21.8. The zero-order valence-corrected chi connectivity index (χ0v) is 18.9. The van der Waals surface area contributed by atoms with Crippen molar-refractivity contribution in [2.24, 2.45) is 0 Å². The third-order valence-corrected chi connectivity index (χ3v) is 6.35. The van der Waals surface area contributed by atoms with E-state index in [0.29, 0.717) is 34.9 Å². The fourth-order valence-electron chi connectivity index (χ4n) is 3.47. The molecule has 1 aliphatic carbocycles. The SMILES string of the molecule is CCc1ccc(NC(=O)c2cc(OC3C=CC(S(C)(=O)=O)=CC3)c3cc(C)oc3c2)nc1. The molecule has 0 bridgehead atoms. The Bertz CT molecular complexity index is 1330. The highest BCUT2D eigenvalue weighted by molar-refractivity contribution is 7.94. The number of nitrogens with one attached hydrogen (secondary N) is 1. The van der Waals surface area contributed by atoms with Crippen LogP contribution in [0.25, 0.3) is 11.0 Å². The minimum atomic E-state index is -3.26. The van der Waals surface area contributed by atoms with Crippen LogP contribution in [-0.4, -0.2) is 31.7 Å². The molecule has 1 amide bonds. The smallest absolute Gasteiger partial charge is 0.257 e. The van der Waals surface area contributed by atoms with E-state index in [1.807, 2.05) is 26.0 Å². The largest absolute Gasteiger partial charge is 0.485 e. The molecule has 166 valence electrons. The summed E-state index contributed by atoms with van der Waals surface area (Å²) >= 11 is 0. The Morgan fingerprint density at radius 3 is 2.72 bits per heavy atom. The highest BCUT2D eigenvalue weighted by Gasteiger charge is 2.20. The predicted molar refractivity (Wildman–Crippen MR) is 124 cm³/mol. The molecule has 0 spiro atoms. The minimum Gasteiger partial charge on any atom is -0.485 e. The number of aromatic nitrogens is 1. The molecule has 0 fully saturated rings. The van der Waals surface area contributed by atoms with Crippen LogP contribution in [0.4, 0.5) is 5.82 Å². The highest BCUT2D eigenvalue weighted by atomic mass is 32.2. The summed E-state index contributed by atoms with van der Waals surface area (Å²) in [5.41, 5.74) is 1.99. The molecule has 2 aromatic heterocycles. The number of sulfone groups is 1. The number of carbonyl (C=O) groups is 1. The number of ether oxygens (including phenoxy) is 1. The Kier molecular flexibility index (Phi) is 5.88. The van der Waals surface area contributed by atoms with Gasteiger partial charge in [-0.15, -0.1) is 0 Å². The molecule has 1 aromatic carbocycles. The van der Waals surface area contributed by atoms with Crippen LogP contribution in [0.3, 0.4) is 0 Å². The third kappa shape index (κ3) is 4.75. The highest BCUT2D eigenvalue weighted by Crippen LogP contribution is 2.33. The molecule has 0 saturated heterocycles. The van der Waals surface area contributed by atoms with Crippen LogP contribution in [0.15, 0.2) is 64.1 Å². The van der Waals surface area contributed by atoms with Crippen molar-refractivity contribution in [2.75, 3.05) is 11.6 Å². The van der Waals surface area contributed by atoms with Crippen LogP contribution >= 0.6 is 0 Å². The molecule has 32 heavy (non-hydrogen) atoms. The van der Waals surface area contributed by atoms with Gasteiger partial charge in [0, 0.05) is 24.4 Å². The molecule has 1 N–H and O–H groups in total. The van der Waals surface area contributed by atoms with Crippen LogP contribution in [0, 0.1) is 6.92 Å². The molecule has 7 nitrogen and oxygen atoms in total. The molecule has 0 saturated carbocycles. The summed E-state index contributed by atoms with van der Waals surface area (Å²) in [7, 11) is -3.26. The first-order valence-electron chi connectivity index (χ1n) is 10.3. The summed E-state index contributed by atoms with van der Waals surface area (Å²) in [6, 6.07) is 8.87. The van der Waals surface area contributed by atoms with Gasteiger partial charge < -0.3 is 14.5 Å². The number of nitrogens with zero attached hydrogens (tertiary/aromatic N) is 1. The number of rotatable bonds is 6. The quantitative estimate of drug-likeness (QED) is 0.588. The molecule has 1 unspecified atom stereocenters. The number of fused-ring (bicyclic) bond motifs is 1. The van der Waals surface area contributed by atoms with Gasteiger partial charge in [-0.1, -0.05) is 19.1 Å². The maximum absolute atomic E-state index is 12.9. The van der Waals surface area contributed by atoms with E-state index < -0.39 is 9.84 Å². The van der Waals surface area contributed by atoms with Gasteiger partial charge in [0.25, 0.3) is 5.91 Å². The fourth-order valence-corrected chi connectivity index (χ4v) is 4.19. The van der Waals surface area contributed by atoms with Gasteiger partial charge in [0.1, 0.15) is 29.0 Å². The van der Waals surface area contributed by atoms with Gasteiger partial charge in [0.2, 0.25) is 0 Å². The molecule has 4 rings (SSSR count). The van der Waals surface area contributed by atoms with E-state index in [1.165, 1.54) is 6.26 Å². The van der Waals surface area contributed by atoms with E-state index in [0.717, 1.165) is 17.4 Å². The van der Waals surface area contributed by atoms with Crippen molar-refractivity contribution in [2.45, 2.75) is 32.8 Å². The Morgan fingerprint density at radius 1 is 1.28 bits per heavy atom. The average Bonchev–Trinajstić information content (AvgIpc) is 3.14. The first-order chi connectivity index (χ1) is 15.2. The second-order valence-electron chi connectivity index (χ2n) is 7.73. The van der Waals surface area contributed by atoms with Gasteiger partial charge in [-0.05, 0) is 55.3 Å². The number of aryl methyl sites for hydroxylation is 2. The summed E-state index contributed by atoms with van der Waals surface area (Å²) < 4.78 is 35.3. The average molecular weight is 453 g/mol. The number of allylic oxidation sites excluding steroid dienone is 1. The molecule has 0 radical (unpaired) electrons. The van der Waals surface area contributed by atoms with Gasteiger partial charge in [0.05, 0.1) is 10.3 Å². The number of pyridine rings is 1. The van der Waals surface area contributed by atoms with Crippen LogP contribution in [0.1, 0.15) is 35.0 Å². The number of hydrogen-bond donors (Lipinski definition) is 1. The number of carbonyl (C=O) groups excluding carboxylic acids is 1. The Balaban J connectivity index is 1.59. The van der Waals surface area contributed by atoms with Crippen molar-refractivity contribution in [1.82, 2.24) is 4.98 Å². The molecule has 0 aliphatic heterocycles. The number of hydrogen-bond acceptors (Lipinski definition) is 6. The molecule has 3 aromatic rings. The van der Waals surface area contributed by atoms with Gasteiger partial charge in [-0.2, -0.15) is 0 Å². The van der Waals surface area contributed by atoms with Crippen molar-refractivity contribution in [3.05, 3.63) is 76.5 Å². The lowest BCUT2D eigenvalue weighted by atomic mass is 10.1. The van der Waals surface area contributed by atoms with E-state index >= 15 is 0 Å². The molecular formula is C24H24N2O5S. The van der Waals surface area contributed by atoms with Crippen LogP contribution in [-0.2, 0) is 16.3 Å². The molecule has 8 heteroatoms. The summed E-state index contributed by atoms with van der Waals surface area (Å²) in [6.45, 7) is 3.86. The van der Waals surface area contributed by atoms with E-state index in [-0.39, 0.29) is 16.9 Å². The van der Waals surface area contributed by atoms with Crippen molar-refractivity contribution in [3.63, 3.8) is 0 Å². The van der Waals surface area contributed by atoms with Crippen LogP contribution < -0.4 is 10.1 Å². The lowest BCUT2D eigenvalue weighted by Crippen LogP contribution is -2.17. The summed E-state index contributed by atoms with van der Waals surface area (Å²) in [6.07, 6.45) is 8.71. The second-order valence-corrected chi connectivity index (χ2v) is 9.75. The van der Waals surface area contributed by atoms with Gasteiger partial charge in [0.15, 0.2) is 9.84 Å². The van der Waals surface area contributed by atoms with E-state index in [4.69, 9.17) is 9.15 Å². The monoisotopic (exact) mass is 452 g/mol. The number of benzene rings is 1. The lowest BCUT2D eigenvalue weighted by Gasteiger charge is -2.19. The molecule has 1 atom stereocenters. The van der Waals surface area contributed by atoms with E-state index in [2.05, 4.69) is 10.3 Å². The van der Waals surface area contributed by atoms with Crippen molar-refractivity contribution in [3.8, 4) is 5.75 Å². The summed E-state index contributed by atoms with van der Waals surface area (Å²) in [5, 5.41) is 3.54. The third-order valence-electron chi connectivity index (χ3n) is 5.19. The van der Waals surface area contributed by atoms with Crippen LogP contribution in [0.2, 0.25) is 0 Å². The maximum Gasteiger partial charge on any atom is 0.257 e. The zero-order chi connectivity index (χ0) is 22.9. The topological polar surface area (TPSA) is 98.5 Å². The molecule has 1 aliphatic rings. The lowest BCUT2D eigenvalue weighted by molar-refractivity contribution is 0.102. The predicted octanol–water partition coefficient (Wildman–Crippen LogP) is 4.59. The first-order valence-corrected chi connectivity index (χ1v) is 12.2. The Labute approximate surface area is 186 Å². The standard InChI is InChI=1S/C24H24N2O5S/c1-4-16-5-10-23(25-14-16)26-24(27)17-12-21-20(11-15(2)30-21)22(13-17)31-18-6-8-19(9-7-18)32(3,28)29/h5-6,8-14,18H,4,7H2,1-3H3,(H,25,26,27). The number of amides is 1.